The van der Waals surface area contributed by atoms with Gasteiger partial charge in [0.1, 0.15) is 5.75 Å². The largest absolute Gasteiger partial charge is 0.508 e. The van der Waals surface area contributed by atoms with Crippen molar-refractivity contribution < 1.29 is 15.0 Å². The second-order valence-electron chi connectivity index (χ2n) is 3.65. The van der Waals surface area contributed by atoms with E-state index >= 15 is 0 Å². The summed E-state index contributed by atoms with van der Waals surface area (Å²) in [5.74, 6) is 0.511. The van der Waals surface area contributed by atoms with Crippen LogP contribution in [0.5, 0.6) is 5.75 Å². The van der Waals surface area contributed by atoms with Gasteiger partial charge in [-0.2, -0.15) is 0 Å². The number of aromatic hydroxyl groups is 1. The summed E-state index contributed by atoms with van der Waals surface area (Å²) in [5, 5.41) is 18.1. The molecule has 80 valence electrons. The predicted octanol–water partition coefficient (Wildman–Crippen LogP) is 2.45. The monoisotopic (exact) mass is 224 g/mol. The number of benzene rings is 1. The van der Waals surface area contributed by atoms with Gasteiger partial charge < -0.3 is 10.2 Å². The average molecular weight is 224 g/mol. The van der Waals surface area contributed by atoms with Gasteiger partial charge in [-0.1, -0.05) is 6.07 Å². The standard InChI is InChI=1S/C11H12O3S/c12-8-1-2-9-7(5-11(13)14)3-4-15-10(9)6-8/h1-2,6-7,12H,3-5H2,(H,13,14). The minimum atomic E-state index is -0.758. The summed E-state index contributed by atoms with van der Waals surface area (Å²) >= 11 is 1.68. The van der Waals surface area contributed by atoms with Crippen molar-refractivity contribution in [3.05, 3.63) is 23.8 Å². The zero-order valence-electron chi connectivity index (χ0n) is 8.14. The molecule has 0 fully saturated rings. The SMILES string of the molecule is O=C(O)CC1CCSc2cc(O)ccc21. The van der Waals surface area contributed by atoms with Crippen LogP contribution in [0.2, 0.25) is 0 Å². The lowest BCUT2D eigenvalue weighted by atomic mass is 9.92. The van der Waals surface area contributed by atoms with Crippen LogP contribution in [0.1, 0.15) is 24.3 Å². The highest BCUT2D eigenvalue weighted by Crippen LogP contribution is 2.40. The molecule has 0 saturated heterocycles. The summed E-state index contributed by atoms with van der Waals surface area (Å²) in [6.45, 7) is 0. The lowest BCUT2D eigenvalue weighted by Crippen LogP contribution is -2.11. The molecular weight excluding hydrogens is 212 g/mol. The maximum absolute atomic E-state index is 10.7. The van der Waals surface area contributed by atoms with E-state index in [2.05, 4.69) is 0 Å². The molecule has 3 nitrogen and oxygen atoms in total. The van der Waals surface area contributed by atoms with E-state index in [1.165, 1.54) is 0 Å². The molecule has 1 aliphatic rings. The maximum atomic E-state index is 10.7. The molecule has 1 unspecified atom stereocenters. The van der Waals surface area contributed by atoms with Gasteiger partial charge in [0.15, 0.2) is 0 Å². The summed E-state index contributed by atoms with van der Waals surface area (Å²) < 4.78 is 0. The number of thioether (sulfide) groups is 1. The number of aliphatic carboxylic acids is 1. The molecule has 2 rings (SSSR count). The van der Waals surface area contributed by atoms with Gasteiger partial charge in [0, 0.05) is 4.90 Å². The summed E-state index contributed by atoms with van der Waals surface area (Å²) in [5.41, 5.74) is 1.06. The number of carboxylic acids is 1. The first-order valence-corrected chi connectivity index (χ1v) is 5.83. The van der Waals surface area contributed by atoms with Crippen molar-refractivity contribution in [2.24, 2.45) is 0 Å². The van der Waals surface area contributed by atoms with E-state index in [9.17, 15) is 9.90 Å². The molecule has 1 aliphatic heterocycles. The van der Waals surface area contributed by atoms with Crippen molar-refractivity contribution in [3.63, 3.8) is 0 Å². The summed E-state index contributed by atoms with van der Waals surface area (Å²) in [4.78, 5) is 11.7. The molecule has 0 saturated carbocycles. The molecule has 1 aromatic rings. The quantitative estimate of drug-likeness (QED) is 0.810. The van der Waals surface area contributed by atoms with Crippen LogP contribution < -0.4 is 0 Å². The van der Waals surface area contributed by atoms with Gasteiger partial charge in [0.25, 0.3) is 0 Å². The van der Waals surface area contributed by atoms with Gasteiger partial charge >= 0.3 is 5.97 Å². The fourth-order valence-corrected chi connectivity index (χ4v) is 3.10. The van der Waals surface area contributed by atoms with Crippen LogP contribution in [0.15, 0.2) is 23.1 Å². The number of phenolic OH excluding ortho intramolecular Hbond substituents is 1. The number of hydrogen-bond donors (Lipinski definition) is 2. The highest BCUT2D eigenvalue weighted by molar-refractivity contribution is 7.99. The van der Waals surface area contributed by atoms with Gasteiger partial charge in [0.05, 0.1) is 6.42 Å². The Morgan fingerprint density at radius 3 is 3.07 bits per heavy atom. The Labute approximate surface area is 92.1 Å². The zero-order valence-corrected chi connectivity index (χ0v) is 8.96. The van der Waals surface area contributed by atoms with Crippen LogP contribution in [0.4, 0.5) is 0 Å². The van der Waals surface area contributed by atoms with Gasteiger partial charge in [-0.15, -0.1) is 11.8 Å². The van der Waals surface area contributed by atoms with E-state index in [0.717, 1.165) is 22.6 Å². The summed E-state index contributed by atoms with van der Waals surface area (Å²) in [6, 6.07) is 5.18. The third-order valence-electron chi connectivity index (χ3n) is 2.58. The Kier molecular flexibility index (Phi) is 2.86. The lowest BCUT2D eigenvalue weighted by Gasteiger charge is -2.23. The van der Waals surface area contributed by atoms with E-state index in [0.29, 0.717) is 0 Å². The van der Waals surface area contributed by atoms with Crippen LogP contribution in [-0.2, 0) is 4.79 Å². The number of phenols is 1. The molecule has 0 aliphatic carbocycles. The van der Waals surface area contributed by atoms with Crippen LogP contribution >= 0.6 is 11.8 Å². The van der Waals surface area contributed by atoms with Crippen molar-refractivity contribution in [3.8, 4) is 5.75 Å². The lowest BCUT2D eigenvalue weighted by molar-refractivity contribution is -0.137. The minimum absolute atomic E-state index is 0.0966. The third-order valence-corrected chi connectivity index (χ3v) is 3.69. The summed E-state index contributed by atoms with van der Waals surface area (Å²) in [7, 11) is 0. The number of carboxylic acid groups (broad SMARTS) is 1. The van der Waals surface area contributed by atoms with Crippen LogP contribution in [-0.4, -0.2) is 21.9 Å². The normalized spacial score (nSPS) is 19.6. The van der Waals surface area contributed by atoms with Gasteiger partial charge in [-0.05, 0) is 35.8 Å². The molecule has 0 bridgehead atoms. The van der Waals surface area contributed by atoms with Crippen molar-refractivity contribution >= 4 is 17.7 Å². The molecule has 0 amide bonds. The Hall–Kier alpha value is -1.16. The van der Waals surface area contributed by atoms with Crippen molar-refractivity contribution in [2.45, 2.75) is 23.7 Å². The second-order valence-corrected chi connectivity index (χ2v) is 4.79. The topological polar surface area (TPSA) is 57.5 Å². The van der Waals surface area contributed by atoms with Crippen molar-refractivity contribution in [1.82, 2.24) is 0 Å². The molecule has 1 heterocycles. The van der Waals surface area contributed by atoms with E-state index < -0.39 is 5.97 Å². The second kappa shape index (κ2) is 4.14. The van der Waals surface area contributed by atoms with Crippen LogP contribution in [0.25, 0.3) is 0 Å². The third kappa shape index (κ3) is 2.26. The fourth-order valence-electron chi connectivity index (χ4n) is 1.87. The molecule has 2 N–H and O–H groups in total. The smallest absolute Gasteiger partial charge is 0.303 e. The van der Waals surface area contributed by atoms with E-state index in [-0.39, 0.29) is 18.1 Å². The van der Waals surface area contributed by atoms with Crippen molar-refractivity contribution in [2.75, 3.05) is 5.75 Å². The van der Waals surface area contributed by atoms with Gasteiger partial charge in [-0.25, -0.2) is 0 Å². The number of rotatable bonds is 2. The fraction of sp³-hybridized carbons (Fsp3) is 0.364. The Bertz CT molecular complexity index is 389. The van der Waals surface area contributed by atoms with Crippen molar-refractivity contribution in [1.29, 1.82) is 0 Å². The summed E-state index contributed by atoms with van der Waals surface area (Å²) in [6.07, 6.45) is 1.08. The molecule has 15 heavy (non-hydrogen) atoms. The zero-order chi connectivity index (χ0) is 10.8. The van der Waals surface area contributed by atoms with Gasteiger partial charge in [-0.3, -0.25) is 4.79 Å². The van der Waals surface area contributed by atoms with E-state index in [4.69, 9.17) is 5.11 Å². The number of carbonyl (C=O) groups is 1. The molecule has 0 radical (unpaired) electrons. The Balaban J connectivity index is 2.30. The maximum Gasteiger partial charge on any atom is 0.303 e. The highest BCUT2D eigenvalue weighted by atomic mass is 32.2. The molecular formula is C11H12O3S. The number of fused-ring (bicyclic) bond motifs is 1. The molecule has 4 heteroatoms. The number of hydrogen-bond acceptors (Lipinski definition) is 3. The van der Waals surface area contributed by atoms with Crippen LogP contribution in [0.3, 0.4) is 0 Å². The van der Waals surface area contributed by atoms with E-state index in [1.54, 1.807) is 23.9 Å². The molecule has 0 spiro atoms. The molecule has 1 aromatic carbocycles. The first kappa shape index (κ1) is 10.4. The Morgan fingerprint density at radius 1 is 1.53 bits per heavy atom. The molecule has 1 atom stereocenters. The minimum Gasteiger partial charge on any atom is -0.508 e. The first-order valence-electron chi connectivity index (χ1n) is 4.84. The highest BCUT2D eigenvalue weighted by Gasteiger charge is 2.22. The molecule has 0 aromatic heterocycles. The van der Waals surface area contributed by atoms with E-state index in [1.807, 2.05) is 6.07 Å². The first-order chi connectivity index (χ1) is 7.16. The van der Waals surface area contributed by atoms with Gasteiger partial charge in [0.2, 0.25) is 0 Å². The predicted molar refractivity (Wildman–Crippen MR) is 58.4 cm³/mol. The Morgan fingerprint density at radius 2 is 2.33 bits per heavy atom. The average Bonchev–Trinajstić information content (AvgIpc) is 2.16. The van der Waals surface area contributed by atoms with Crippen LogP contribution in [0, 0.1) is 0 Å².